The van der Waals surface area contributed by atoms with Gasteiger partial charge in [-0.15, -0.1) is 0 Å². The zero-order valence-corrected chi connectivity index (χ0v) is 12.0. The Labute approximate surface area is 123 Å². The molecule has 1 aromatic carbocycles. The summed E-state index contributed by atoms with van der Waals surface area (Å²) in [7, 11) is 0. The topological polar surface area (TPSA) is 77.8 Å². The molecule has 0 spiro atoms. The number of carbonyl (C=O) groups is 2. The Morgan fingerprint density at radius 1 is 1.38 bits per heavy atom. The minimum atomic E-state index is -1.02. The SMILES string of the molecule is Cc1c(C=CC(=O)O)cccc1C(=O)N1CCCC(O)C1. The van der Waals surface area contributed by atoms with E-state index >= 15 is 0 Å². The van der Waals surface area contributed by atoms with Crippen LogP contribution in [-0.2, 0) is 4.79 Å². The molecule has 21 heavy (non-hydrogen) atoms. The van der Waals surface area contributed by atoms with Crippen LogP contribution in [0.4, 0.5) is 0 Å². The van der Waals surface area contributed by atoms with Crippen LogP contribution in [0.25, 0.3) is 6.08 Å². The van der Waals surface area contributed by atoms with Crippen LogP contribution in [0.5, 0.6) is 0 Å². The maximum Gasteiger partial charge on any atom is 0.328 e. The quantitative estimate of drug-likeness (QED) is 0.830. The largest absolute Gasteiger partial charge is 0.478 e. The molecule has 0 saturated carbocycles. The maximum absolute atomic E-state index is 12.5. The first kappa shape index (κ1) is 15.3. The predicted octanol–water partition coefficient (Wildman–Crippen LogP) is 1.69. The molecule has 1 heterocycles. The molecule has 0 bridgehead atoms. The number of likely N-dealkylation sites (tertiary alicyclic amines) is 1. The molecule has 2 rings (SSSR count). The van der Waals surface area contributed by atoms with Gasteiger partial charge in [0.15, 0.2) is 0 Å². The zero-order valence-electron chi connectivity index (χ0n) is 12.0. The number of carboxylic acid groups (broad SMARTS) is 1. The molecular formula is C16H19NO4. The molecule has 0 aliphatic carbocycles. The molecule has 1 saturated heterocycles. The predicted molar refractivity (Wildman–Crippen MR) is 79.0 cm³/mol. The van der Waals surface area contributed by atoms with Crippen molar-refractivity contribution in [2.75, 3.05) is 13.1 Å². The van der Waals surface area contributed by atoms with E-state index in [-0.39, 0.29) is 5.91 Å². The minimum absolute atomic E-state index is 0.114. The zero-order chi connectivity index (χ0) is 15.4. The number of amides is 1. The average molecular weight is 289 g/mol. The van der Waals surface area contributed by atoms with E-state index in [1.54, 1.807) is 30.0 Å². The van der Waals surface area contributed by atoms with E-state index in [1.165, 1.54) is 6.08 Å². The fourth-order valence-electron chi connectivity index (χ4n) is 2.54. The van der Waals surface area contributed by atoms with Gasteiger partial charge in [-0.2, -0.15) is 0 Å². The van der Waals surface area contributed by atoms with Crippen molar-refractivity contribution in [2.24, 2.45) is 0 Å². The van der Waals surface area contributed by atoms with Crippen molar-refractivity contribution in [2.45, 2.75) is 25.9 Å². The van der Waals surface area contributed by atoms with E-state index in [4.69, 9.17) is 5.11 Å². The van der Waals surface area contributed by atoms with Crippen LogP contribution in [0.15, 0.2) is 24.3 Å². The van der Waals surface area contributed by atoms with E-state index in [1.807, 2.05) is 0 Å². The van der Waals surface area contributed by atoms with Gasteiger partial charge in [-0.25, -0.2) is 4.79 Å². The lowest BCUT2D eigenvalue weighted by molar-refractivity contribution is -0.131. The summed E-state index contributed by atoms with van der Waals surface area (Å²) in [5.41, 5.74) is 2.01. The first-order valence-electron chi connectivity index (χ1n) is 6.97. The summed E-state index contributed by atoms with van der Waals surface area (Å²) in [5.74, 6) is -1.14. The van der Waals surface area contributed by atoms with Gasteiger partial charge in [0.1, 0.15) is 0 Å². The number of nitrogens with zero attached hydrogens (tertiary/aromatic N) is 1. The van der Waals surface area contributed by atoms with Crippen LogP contribution in [0, 0.1) is 6.92 Å². The minimum Gasteiger partial charge on any atom is -0.478 e. The van der Waals surface area contributed by atoms with E-state index in [0.29, 0.717) is 24.2 Å². The Morgan fingerprint density at radius 2 is 2.14 bits per heavy atom. The van der Waals surface area contributed by atoms with Gasteiger partial charge in [0.2, 0.25) is 0 Å². The molecule has 5 heteroatoms. The Hall–Kier alpha value is -2.14. The highest BCUT2D eigenvalue weighted by Crippen LogP contribution is 2.19. The molecule has 1 fully saturated rings. The highest BCUT2D eigenvalue weighted by Gasteiger charge is 2.24. The van der Waals surface area contributed by atoms with Gasteiger partial charge in [0.25, 0.3) is 5.91 Å². The van der Waals surface area contributed by atoms with Gasteiger partial charge < -0.3 is 15.1 Å². The summed E-state index contributed by atoms with van der Waals surface area (Å²) < 4.78 is 0. The van der Waals surface area contributed by atoms with E-state index in [2.05, 4.69) is 0 Å². The van der Waals surface area contributed by atoms with Gasteiger partial charge in [0, 0.05) is 24.7 Å². The van der Waals surface area contributed by atoms with Gasteiger partial charge in [-0.05, 0) is 43.0 Å². The van der Waals surface area contributed by atoms with Crippen molar-refractivity contribution >= 4 is 18.0 Å². The average Bonchev–Trinajstić information content (AvgIpc) is 2.45. The van der Waals surface area contributed by atoms with Crippen LogP contribution >= 0.6 is 0 Å². The molecule has 0 aromatic heterocycles. The monoisotopic (exact) mass is 289 g/mol. The van der Waals surface area contributed by atoms with Crippen molar-refractivity contribution in [3.63, 3.8) is 0 Å². The number of carbonyl (C=O) groups excluding carboxylic acids is 1. The van der Waals surface area contributed by atoms with Crippen LogP contribution in [0.2, 0.25) is 0 Å². The van der Waals surface area contributed by atoms with Crippen molar-refractivity contribution in [1.29, 1.82) is 0 Å². The number of carboxylic acids is 1. The Morgan fingerprint density at radius 3 is 2.81 bits per heavy atom. The fraction of sp³-hybridized carbons (Fsp3) is 0.375. The van der Waals surface area contributed by atoms with E-state index in [0.717, 1.165) is 24.5 Å². The fourth-order valence-corrected chi connectivity index (χ4v) is 2.54. The third-order valence-corrected chi connectivity index (χ3v) is 3.70. The lowest BCUT2D eigenvalue weighted by Gasteiger charge is -2.30. The van der Waals surface area contributed by atoms with Crippen LogP contribution < -0.4 is 0 Å². The van der Waals surface area contributed by atoms with Crippen LogP contribution in [-0.4, -0.2) is 46.2 Å². The molecule has 112 valence electrons. The van der Waals surface area contributed by atoms with Crippen molar-refractivity contribution in [3.8, 4) is 0 Å². The molecule has 2 N–H and O–H groups in total. The second kappa shape index (κ2) is 6.54. The van der Waals surface area contributed by atoms with E-state index < -0.39 is 12.1 Å². The molecule has 1 atom stereocenters. The summed E-state index contributed by atoms with van der Waals surface area (Å²) in [6, 6.07) is 5.25. The van der Waals surface area contributed by atoms with Crippen molar-refractivity contribution < 1.29 is 19.8 Å². The Balaban J connectivity index is 2.25. The maximum atomic E-state index is 12.5. The standard InChI is InChI=1S/C16H19NO4/c1-11-12(7-8-15(19)20)4-2-6-14(11)16(21)17-9-3-5-13(18)10-17/h2,4,6-8,13,18H,3,5,9-10H2,1H3,(H,19,20). The van der Waals surface area contributed by atoms with Gasteiger partial charge >= 0.3 is 5.97 Å². The lowest BCUT2D eigenvalue weighted by Crippen LogP contribution is -2.42. The number of benzene rings is 1. The number of rotatable bonds is 3. The third kappa shape index (κ3) is 3.70. The number of piperidine rings is 1. The molecule has 5 nitrogen and oxygen atoms in total. The van der Waals surface area contributed by atoms with Gasteiger partial charge in [0.05, 0.1) is 6.10 Å². The molecule has 1 amide bonds. The van der Waals surface area contributed by atoms with Crippen molar-refractivity contribution in [1.82, 2.24) is 4.90 Å². The molecule has 1 aromatic rings. The summed E-state index contributed by atoms with van der Waals surface area (Å²) >= 11 is 0. The number of aliphatic hydroxyl groups excluding tert-OH is 1. The van der Waals surface area contributed by atoms with Crippen LogP contribution in [0.3, 0.4) is 0 Å². The first-order valence-corrected chi connectivity index (χ1v) is 6.97. The molecule has 0 radical (unpaired) electrons. The number of aliphatic hydroxyl groups is 1. The third-order valence-electron chi connectivity index (χ3n) is 3.70. The molecular weight excluding hydrogens is 270 g/mol. The number of hydrogen-bond acceptors (Lipinski definition) is 3. The smallest absolute Gasteiger partial charge is 0.328 e. The molecule has 1 unspecified atom stereocenters. The van der Waals surface area contributed by atoms with Crippen molar-refractivity contribution in [3.05, 3.63) is 41.0 Å². The highest BCUT2D eigenvalue weighted by atomic mass is 16.4. The second-order valence-corrected chi connectivity index (χ2v) is 5.24. The lowest BCUT2D eigenvalue weighted by atomic mass is 9.99. The first-order chi connectivity index (χ1) is 9.99. The van der Waals surface area contributed by atoms with Gasteiger partial charge in [-0.3, -0.25) is 4.79 Å². The van der Waals surface area contributed by atoms with E-state index in [9.17, 15) is 14.7 Å². The van der Waals surface area contributed by atoms with Gasteiger partial charge in [-0.1, -0.05) is 12.1 Å². The second-order valence-electron chi connectivity index (χ2n) is 5.24. The summed E-state index contributed by atoms with van der Waals surface area (Å²) in [4.78, 5) is 24.8. The van der Waals surface area contributed by atoms with Crippen LogP contribution in [0.1, 0.15) is 34.3 Å². The normalized spacial score (nSPS) is 19.0. The summed E-state index contributed by atoms with van der Waals surface area (Å²) in [6.45, 7) is 2.80. The number of hydrogen-bond donors (Lipinski definition) is 2. The Bertz CT molecular complexity index is 580. The Kier molecular flexibility index (Phi) is 4.75. The molecule has 1 aliphatic rings. The highest BCUT2D eigenvalue weighted by molar-refractivity contribution is 5.97. The molecule has 1 aliphatic heterocycles. The summed E-state index contributed by atoms with van der Waals surface area (Å²) in [5, 5.41) is 18.4. The summed E-state index contributed by atoms with van der Waals surface area (Å²) in [6.07, 6.45) is 3.60. The number of aliphatic carboxylic acids is 1. The number of β-amino-alcohol motifs (C(OH)–C–C–N with tert-alkyl or cyclic N) is 1.